The first-order valence-corrected chi connectivity index (χ1v) is 12.3. The van der Waals surface area contributed by atoms with E-state index in [9.17, 15) is 21.6 Å². The highest BCUT2D eigenvalue weighted by atomic mass is 35.5. The highest BCUT2D eigenvalue weighted by molar-refractivity contribution is 7.90. The Hall–Kier alpha value is -1.94. The number of halogens is 1. The van der Waals surface area contributed by atoms with Gasteiger partial charge in [0.2, 0.25) is 15.9 Å². The monoisotopic (exact) mass is 444 g/mol. The first-order valence-electron chi connectivity index (χ1n) is 8.33. The van der Waals surface area contributed by atoms with Gasteiger partial charge in [-0.1, -0.05) is 48.0 Å². The van der Waals surface area contributed by atoms with Crippen LogP contribution in [0.15, 0.2) is 53.4 Å². The van der Waals surface area contributed by atoms with Crippen molar-refractivity contribution in [3.63, 3.8) is 0 Å². The molecule has 0 aliphatic rings. The summed E-state index contributed by atoms with van der Waals surface area (Å²) in [6, 6.07) is 12.9. The molecule has 2 aromatic rings. The van der Waals surface area contributed by atoms with Gasteiger partial charge in [-0.15, -0.1) is 0 Å². The Morgan fingerprint density at radius 1 is 0.964 bits per heavy atom. The zero-order valence-corrected chi connectivity index (χ0v) is 17.6. The second-order valence-corrected chi connectivity index (χ2v) is 10.5. The zero-order valence-electron chi connectivity index (χ0n) is 15.2. The average Bonchev–Trinajstić information content (AvgIpc) is 2.60. The van der Waals surface area contributed by atoms with E-state index in [1.54, 1.807) is 36.4 Å². The number of benzene rings is 2. The van der Waals surface area contributed by atoms with Gasteiger partial charge in [-0.3, -0.25) is 4.79 Å². The third-order valence-corrected chi connectivity index (χ3v) is 6.53. The van der Waals surface area contributed by atoms with Crippen LogP contribution in [-0.2, 0) is 37.0 Å². The van der Waals surface area contributed by atoms with E-state index >= 15 is 0 Å². The van der Waals surface area contributed by atoms with Crippen molar-refractivity contribution in [3.8, 4) is 0 Å². The number of nitrogens with one attached hydrogen (secondary N) is 2. The summed E-state index contributed by atoms with van der Waals surface area (Å²) in [6.45, 7) is 0.196. The molecule has 0 fully saturated rings. The van der Waals surface area contributed by atoms with Crippen LogP contribution < -0.4 is 10.0 Å². The standard InChI is InChI=1S/C18H21ClN2O5S2/c1-27(23,24)13-15-8-6-14(7-9-15)12-20-18(22)10-11-21-28(25,26)17-5-3-2-4-16(17)19/h2-9,21H,10-13H2,1H3,(H,20,22). The van der Waals surface area contributed by atoms with Crippen molar-refractivity contribution in [2.75, 3.05) is 12.8 Å². The lowest BCUT2D eigenvalue weighted by atomic mass is 10.1. The largest absolute Gasteiger partial charge is 0.352 e. The summed E-state index contributed by atoms with van der Waals surface area (Å²) in [7, 11) is -6.88. The van der Waals surface area contributed by atoms with Crippen molar-refractivity contribution in [1.82, 2.24) is 10.0 Å². The van der Waals surface area contributed by atoms with Gasteiger partial charge in [0, 0.05) is 25.8 Å². The number of carbonyl (C=O) groups excluding carboxylic acids is 1. The fourth-order valence-corrected chi connectivity index (χ4v) is 4.73. The van der Waals surface area contributed by atoms with Gasteiger partial charge in [-0.2, -0.15) is 0 Å². The minimum absolute atomic E-state index is 0.0319. The fourth-order valence-electron chi connectivity index (χ4n) is 2.38. The molecule has 0 spiro atoms. The molecule has 7 nitrogen and oxygen atoms in total. The van der Waals surface area contributed by atoms with Gasteiger partial charge >= 0.3 is 0 Å². The smallest absolute Gasteiger partial charge is 0.242 e. The highest BCUT2D eigenvalue weighted by Gasteiger charge is 2.17. The molecule has 0 bridgehead atoms. The highest BCUT2D eigenvalue weighted by Crippen LogP contribution is 2.19. The minimum atomic E-state index is -3.78. The Bertz CT molecular complexity index is 1040. The number of rotatable bonds is 9. The van der Waals surface area contributed by atoms with E-state index in [1.807, 2.05) is 0 Å². The molecule has 0 unspecified atom stereocenters. The number of amides is 1. The summed E-state index contributed by atoms with van der Waals surface area (Å²) in [5, 5.41) is 2.80. The quantitative estimate of drug-likeness (QED) is 0.613. The minimum Gasteiger partial charge on any atom is -0.352 e. The Kier molecular flexibility index (Phi) is 7.59. The van der Waals surface area contributed by atoms with Gasteiger partial charge in [0.15, 0.2) is 9.84 Å². The summed E-state index contributed by atoms with van der Waals surface area (Å²) in [5.41, 5.74) is 1.48. The maximum atomic E-state index is 12.2. The molecule has 0 aliphatic heterocycles. The van der Waals surface area contributed by atoms with Crippen LogP contribution in [0.25, 0.3) is 0 Å². The van der Waals surface area contributed by atoms with E-state index in [-0.39, 0.29) is 41.1 Å². The van der Waals surface area contributed by atoms with Gasteiger partial charge < -0.3 is 5.32 Å². The van der Waals surface area contributed by atoms with Crippen molar-refractivity contribution in [2.24, 2.45) is 0 Å². The number of sulfonamides is 1. The summed E-state index contributed by atoms with van der Waals surface area (Å²) in [5.74, 6) is -0.354. The third-order valence-electron chi connectivity index (χ3n) is 3.71. The number of carbonyl (C=O) groups is 1. The predicted octanol–water partition coefficient (Wildman–Crippen LogP) is 1.87. The van der Waals surface area contributed by atoms with E-state index in [0.717, 1.165) is 5.56 Å². The van der Waals surface area contributed by atoms with Gasteiger partial charge in [0.1, 0.15) is 4.90 Å². The van der Waals surface area contributed by atoms with Crippen LogP contribution in [0.3, 0.4) is 0 Å². The number of hydrogen-bond acceptors (Lipinski definition) is 5. The SMILES string of the molecule is CS(=O)(=O)Cc1ccc(CNC(=O)CCNS(=O)(=O)c2ccccc2Cl)cc1. The Morgan fingerprint density at radius 2 is 1.57 bits per heavy atom. The Labute approximate surface area is 170 Å². The summed E-state index contributed by atoms with van der Waals surface area (Å²) in [6.07, 6.45) is 1.14. The second kappa shape index (κ2) is 9.51. The molecule has 2 N–H and O–H groups in total. The van der Waals surface area contributed by atoms with Gasteiger partial charge in [-0.25, -0.2) is 21.6 Å². The molecule has 0 saturated heterocycles. The van der Waals surface area contributed by atoms with Crippen LogP contribution in [0.1, 0.15) is 17.5 Å². The predicted molar refractivity (Wildman–Crippen MR) is 108 cm³/mol. The van der Waals surface area contributed by atoms with Crippen LogP contribution in [0.2, 0.25) is 5.02 Å². The van der Waals surface area contributed by atoms with Gasteiger partial charge in [0.05, 0.1) is 10.8 Å². The Balaban J connectivity index is 1.79. The van der Waals surface area contributed by atoms with Crippen LogP contribution in [0.5, 0.6) is 0 Å². The number of hydrogen-bond donors (Lipinski definition) is 2. The molecule has 0 saturated carbocycles. The van der Waals surface area contributed by atoms with Crippen molar-refractivity contribution in [3.05, 3.63) is 64.7 Å². The first kappa shape index (κ1) is 22.4. The lowest BCUT2D eigenvalue weighted by Crippen LogP contribution is -2.30. The molecule has 1 amide bonds. The second-order valence-electron chi connectivity index (χ2n) is 6.24. The van der Waals surface area contributed by atoms with Gasteiger partial charge in [0.25, 0.3) is 0 Å². The molecule has 10 heteroatoms. The summed E-state index contributed by atoms with van der Waals surface area (Å²) < 4.78 is 49.2. The lowest BCUT2D eigenvalue weighted by molar-refractivity contribution is -0.121. The molecular weight excluding hydrogens is 424 g/mol. The average molecular weight is 445 g/mol. The summed E-state index contributed by atoms with van der Waals surface area (Å²) >= 11 is 5.88. The molecule has 0 atom stereocenters. The van der Waals surface area contributed by atoms with E-state index in [0.29, 0.717) is 5.56 Å². The van der Waals surface area contributed by atoms with Crippen LogP contribution in [-0.4, -0.2) is 35.5 Å². The van der Waals surface area contributed by atoms with E-state index in [4.69, 9.17) is 11.6 Å². The van der Waals surface area contributed by atoms with Gasteiger partial charge in [-0.05, 0) is 23.3 Å². The lowest BCUT2D eigenvalue weighted by Gasteiger charge is -2.09. The normalized spacial score (nSPS) is 11.9. The molecule has 2 rings (SSSR count). The van der Waals surface area contributed by atoms with Crippen LogP contribution in [0, 0.1) is 0 Å². The fraction of sp³-hybridized carbons (Fsp3) is 0.278. The van der Waals surface area contributed by atoms with Crippen molar-refractivity contribution < 1.29 is 21.6 Å². The summed E-state index contributed by atoms with van der Waals surface area (Å²) in [4.78, 5) is 11.9. The topological polar surface area (TPSA) is 109 Å². The zero-order chi connectivity index (χ0) is 20.8. The van der Waals surface area contributed by atoms with Crippen molar-refractivity contribution in [2.45, 2.75) is 23.6 Å². The van der Waals surface area contributed by atoms with E-state index in [1.165, 1.54) is 18.4 Å². The molecule has 28 heavy (non-hydrogen) atoms. The number of sulfone groups is 1. The van der Waals surface area contributed by atoms with Crippen LogP contribution in [0.4, 0.5) is 0 Å². The maximum absolute atomic E-state index is 12.2. The third kappa shape index (κ3) is 7.23. The molecule has 152 valence electrons. The molecule has 0 radical (unpaired) electrons. The Morgan fingerprint density at radius 3 is 2.18 bits per heavy atom. The molecule has 2 aromatic carbocycles. The first-order chi connectivity index (χ1) is 13.1. The van der Waals surface area contributed by atoms with Crippen LogP contribution >= 0.6 is 11.6 Å². The van der Waals surface area contributed by atoms with E-state index in [2.05, 4.69) is 10.0 Å². The molecule has 0 aromatic heterocycles. The van der Waals surface area contributed by atoms with Crippen molar-refractivity contribution >= 4 is 37.4 Å². The molecule has 0 aliphatic carbocycles. The van der Waals surface area contributed by atoms with Crippen molar-refractivity contribution in [1.29, 1.82) is 0 Å². The molecular formula is C18H21ClN2O5S2. The molecule has 0 heterocycles. The maximum Gasteiger partial charge on any atom is 0.242 e. The van der Waals surface area contributed by atoms with E-state index < -0.39 is 19.9 Å².